The van der Waals surface area contributed by atoms with E-state index in [9.17, 15) is 4.79 Å². The number of rotatable bonds is 3. The number of carbonyl (C=O) groups is 1. The lowest BCUT2D eigenvalue weighted by Gasteiger charge is -2.31. The lowest BCUT2D eigenvalue weighted by molar-refractivity contribution is -0.127. The third-order valence-corrected chi connectivity index (χ3v) is 4.87. The molecule has 104 valence electrons. The van der Waals surface area contributed by atoms with E-state index in [2.05, 4.69) is 12.2 Å². The Hall–Kier alpha value is -0.570. The van der Waals surface area contributed by atoms with Crippen LogP contribution in [-0.4, -0.2) is 18.0 Å². The summed E-state index contributed by atoms with van der Waals surface area (Å²) in [7, 11) is 0. The van der Waals surface area contributed by atoms with Crippen LogP contribution in [-0.2, 0) is 4.79 Å². The summed E-state index contributed by atoms with van der Waals surface area (Å²) >= 11 is 0. The predicted molar refractivity (Wildman–Crippen MR) is 74.1 cm³/mol. The van der Waals surface area contributed by atoms with Gasteiger partial charge in [0.1, 0.15) is 0 Å². The molecule has 0 aliphatic heterocycles. The summed E-state index contributed by atoms with van der Waals surface area (Å²) in [6, 6.07) is 0.679. The molecule has 2 aliphatic rings. The highest BCUT2D eigenvalue weighted by Crippen LogP contribution is 2.27. The summed E-state index contributed by atoms with van der Waals surface area (Å²) in [5.74, 6) is 1.20. The molecule has 3 nitrogen and oxygen atoms in total. The van der Waals surface area contributed by atoms with Gasteiger partial charge in [-0.2, -0.15) is 0 Å². The number of nitrogens with two attached hydrogens (primary N) is 1. The second kappa shape index (κ2) is 6.55. The normalized spacial score (nSPS) is 31.9. The summed E-state index contributed by atoms with van der Waals surface area (Å²) in [5.41, 5.74) is 5.88. The molecule has 0 bridgehead atoms. The maximum absolute atomic E-state index is 12.2. The van der Waals surface area contributed by atoms with Gasteiger partial charge in [0, 0.05) is 18.0 Å². The second-order valence-electron chi connectivity index (χ2n) is 6.31. The lowest BCUT2D eigenvalue weighted by atomic mass is 9.83. The van der Waals surface area contributed by atoms with Gasteiger partial charge in [0.15, 0.2) is 0 Å². The molecule has 0 radical (unpaired) electrons. The molecule has 0 heterocycles. The van der Waals surface area contributed by atoms with E-state index in [0.29, 0.717) is 18.0 Å². The molecule has 2 saturated carbocycles. The molecule has 1 atom stereocenters. The van der Waals surface area contributed by atoms with Gasteiger partial charge < -0.3 is 11.1 Å². The van der Waals surface area contributed by atoms with Crippen molar-refractivity contribution in [3.63, 3.8) is 0 Å². The zero-order valence-corrected chi connectivity index (χ0v) is 11.7. The monoisotopic (exact) mass is 252 g/mol. The minimum absolute atomic E-state index is 0.218. The molecule has 1 unspecified atom stereocenters. The first kappa shape index (κ1) is 13.9. The molecule has 2 rings (SSSR count). The van der Waals surface area contributed by atoms with Gasteiger partial charge in [-0.1, -0.05) is 19.3 Å². The molecule has 18 heavy (non-hydrogen) atoms. The SMILES string of the molecule is CC(NC(=O)C1CCC(N)CC1)C1CCCCC1. The van der Waals surface area contributed by atoms with Crippen molar-refractivity contribution in [2.75, 3.05) is 0 Å². The second-order valence-corrected chi connectivity index (χ2v) is 6.31. The molecular weight excluding hydrogens is 224 g/mol. The number of nitrogens with one attached hydrogen (secondary N) is 1. The quantitative estimate of drug-likeness (QED) is 0.811. The highest BCUT2D eigenvalue weighted by Gasteiger charge is 2.27. The minimum Gasteiger partial charge on any atom is -0.353 e. The van der Waals surface area contributed by atoms with Crippen LogP contribution in [0.15, 0.2) is 0 Å². The topological polar surface area (TPSA) is 55.1 Å². The Bertz CT molecular complexity index is 266. The number of hydrogen-bond donors (Lipinski definition) is 2. The Morgan fingerprint density at radius 1 is 1.06 bits per heavy atom. The van der Waals surface area contributed by atoms with Crippen LogP contribution in [0, 0.1) is 11.8 Å². The molecule has 0 aromatic rings. The highest BCUT2D eigenvalue weighted by molar-refractivity contribution is 5.79. The van der Waals surface area contributed by atoms with E-state index in [1.54, 1.807) is 0 Å². The zero-order chi connectivity index (χ0) is 13.0. The van der Waals surface area contributed by atoms with Gasteiger partial charge >= 0.3 is 0 Å². The minimum atomic E-state index is 0.218. The lowest BCUT2D eigenvalue weighted by Crippen LogP contribution is -2.43. The molecule has 1 amide bonds. The molecule has 0 spiro atoms. The third-order valence-electron chi connectivity index (χ3n) is 4.87. The van der Waals surface area contributed by atoms with Crippen LogP contribution in [0.5, 0.6) is 0 Å². The average molecular weight is 252 g/mol. The van der Waals surface area contributed by atoms with Crippen molar-refractivity contribution >= 4 is 5.91 Å². The van der Waals surface area contributed by atoms with E-state index in [-0.39, 0.29) is 11.8 Å². The Morgan fingerprint density at radius 3 is 2.28 bits per heavy atom. The van der Waals surface area contributed by atoms with Crippen LogP contribution in [0.25, 0.3) is 0 Å². The van der Waals surface area contributed by atoms with Gasteiger partial charge in [-0.25, -0.2) is 0 Å². The van der Waals surface area contributed by atoms with E-state index >= 15 is 0 Å². The molecule has 3 N–H and O–H groups in total. The van der Waals surface area contributed by atoms with Gasteiger partial charge in [0.25, 0.3) is 0 Å². The molecule has 0 saturated heterocycles. The van der Waals surface area contributed by atoms with E-state index in [1.807, 2.05) is 0 Å². The summed E-state index contributed by atoms with van der Waals surface area (Å²) in [5, 5.41) is 3.25. The Balaban J connectivity index is 1.75. The van der Waals surface area contributed by atoms with Crippen molar-refractivity contribution < 1.29 is 4.79 Å². The number of amides is 1. The summed E-state index contributed by atoms with van der Waals surface area (Å²) in [6.07, 6.45) is 10.6. The van der Waals surface area contributed by atoms with Crippen LogP contribution < -0.4 is 11.1 Å². The molecule has 0 aromatic heterocycles. The molecule has 2 aliphatic carbocycles. The summed E-state index contributed by atoms with van der Waals surface area (Å²) < 4.78 is 0. The fourth-order valence-electron chi connectivity index (χ4n) is 3.48. The summed E-state index contributed by atoms with van der Waals surface area (Å²) in [6.45, 7) is 2.18. The van der Waals surface area contributed by atoms with E-state index < -0.39 is 0 Å². The molecule has 3 heteroatoms. The Labute approximate surface area is 111 Å². The molecule has 0 aromatic carbocycles. The van der Waals surface area contributed by atoms with Gasteiger partial charge in [-0.05, 0) is 51.4 Å². The fraction of sp³-hybridized carbons (Fsp3) is 0.933. The van der Waals surface area contributed by atoms with Crippen molar-refractivity contribution in [1.82, 2.24) is 5.32 Å². The third kappa shape index (κ3) is 3.71. The maximum atomic E-state index is 12.2. The van der Waals surface area contributed by atoms with Crippen molar-refractivity contribution in [1.29, 1.82) is 0 Å². The zero-order valence-electron chi connectivity index (χ0n) is 11.7. The average Bonchev–Trinajstić information content (AvgIpc) is 2.40. The molecular formula is C15H28N2O. The summed E-state index contributed by atoms with van der Waals surface area (Å²) in [4.78, 5) is 12.2. The standard InChI is InChI=1S/C15H28N2O/c1-11(12-5-3-2-4-6-12)17-15(18)13-7-9-14(16)10-8-13/h11-14H,2-10,16H2,1H3,(H,17,18). The maximum Gasteiger partial charge on any atom is 0.223 e. The smallest absolute Gasteiger partial charge is 0.223 e. The largest absolute Gasteiger partial charge is 0.353 e. The van der Waals surface area contributed by atoms with Crippen molar-refractivity contribution in [3.8, 4) is 0 Å². The van der Waals surface area contributed by atoms with E-state index in [4.69, 9.17) is 5.73 Å². The Morgan fingerprint density at radius 2 is 1.67 bits per heavy atom. The van der Waals surface area contributed by atoms with Crippen LogP contribution in [0.3, 0.4) is 0 Å². The Kier molecular flexibility index (Phi) is 5.04. The number of carbonyl (C=O) groups excluding carboxylic acids is 1. The van der Waals surface area contributed by atoms with Crippen LogP contribution in [0.1, 0.15) is 64.7 Å². The van der Waals surface area contributed by atoms with Gasteiger partial charge in [0.05, 0.1) is 0 Å². The van der Waals surface area contributed by atoms with E-state index in [0.717, 1.165) is 25.7 Å². The fourth-order valence-corrected chi connectivity index (χ4v) is 3.48. The van der Waals surface area contributed by atoms with Crippen molar-refractivity contribution in [2.45, 2.75) is 76.8 Å². The van der Waals surface area contributed by atoms with Gasteiger partial charge in [0.2, 0.25) is 5.91 Å². The first-order valence-corrected chi connectivity index (χ1v) is 7.72. The first-order chi connectivity index (χ1) is 8.66. The predicted octanol–water partition coefficient (Wildman–Crippen LogP) is 2.59. The van der Waals surface area contributed by atoms with Crippen molar-refractivity contribution in [2.24, 2.45) is 17.6 Å². The van der Waals surface area contributed by atoms with Crippen LogP contribution in [0.4, 0.5) is 0 Å². The number of hydrogen-bond acceptors (Lipinski definition) is 2. The van der Waals surface area contributed by atoms with E-state index in [1.165, 1.54) is 32.1 Å². The van der Waals surface area contributed by atoms with Gasteiger partial charge in [-0.3, -0.25) is 4.79 Å². The van der Waals surface area contributed by atoms with Crippen LogP contribution in [0.2, 0.25) is 0 Å². The van der Waals surface area contributed by atoms with Gasteiger partial charge in [-0.15, -0.1) is 0 Å². The first-order valence-electron chi connectivity index (χ1n) is 7.72. The van der Waals surface area contributed by atoms with Crippen molar-refractivity contribution in [3.05, 3.63) is 0 Å². The molecule has 2 fully saturated rings. The van der Waals surface area contributed by atoms with Crippen LogP contribution >= 0.6 is 0 Å². The highest BCUT2D eigenvalue weighted by atomic mass is 16.1.